The largest absolute Gasteiger partial charge is 0.497 e. The average Bonchev–Trinajstić information content (AvgIpc) is 3.06. The number of esters is 1. The van der Waals surface area contributed by atoms with Crippen molar-refractivity contribution in [1.29, 1.82) is 0 Å². The molecule has 0 saturated heterocycles. The SMILES string of the molecule is COC(=O)C1=CO[C@H](C)[C@@H]2Cn3ccc4c5ccccc5nc-4c3C[C@H]12. The van der Waals surface area contributed by atoms with Gasteiger partial charge in [-0.05, 0) is 25.5 Å². The van der Waals surface area contributed by atoms with Gasteiger partial charge in [0.05, 0.1) is 30.2 Å². The lowest BCUT2D eigenvalue weighted by Gasteiger charge is -2.41. The van der Waals surface area contributed by atoms with Gasteiger partial charge in [0.15, 0.2) is 0 Å². The molecule has 0 N–H and O–H groups in total. The fraction of sp³-hybridized carbons (Fsp3) is 0.333. The van der Waals surface area contributed by atoms with Gasteiger partial charge in [0.2, 0.25) is 0 Å². The number of fused-ring (bicyclic) bond motifs is 6. The fourth-order valence-electron chi connectivity index (χ4n) is 4.49. The van der Waals surface area contributed by atoms with E-state index in [0.717, 1.165) is 24.2 Å². The van der Waals surface area contributed by atoms with E-state index in [0.29, 0.717) is 5.57 Å². The molecule has 4 heterocycles. The summed E-state index contributed by atoms with van der Waals surface area (Å²) in [5, 5.41) is 1.18. The number of rotatable bonds is 1. The Labute approximate surface area is 151 Å². The number of ether oxygens (including phenoxy) is 2. The van der Waals surface area contributed by atoms with Gasteiger partial charge in [-0.15, -0.1) is 0 Å². The van der Waals surface area contributed by atoms with Gasteiger partial charge >= 0.3 is 5.97 Å². The van der Waals surface area contributed by atoms with E-state index in [1.165, 1.54) is 23.8 Å². The summed E-state index contributed by atoms with van der Waals surface area (Å²) in [4.78, 5) is 17.1. The van der Waals surface area contributed by atoms with Crippen molar-refractivity contribution in [3.05, 3.63) is 54.1 Å². The van der Waals surface area contributed by atoms with E-state index in [9.17, 15) is 4.79 Å². The van der Waals surface area contributed by atoms with Crippen LogP contribution in [0.4, 0.5) is 0 Å². The highest BCUT2D eigenvalue weighted by Crippen LogP contribution is 2.42. The summed E-state index contributed by atoms with van der Waals surface area (Å²) in [6, 6.07) is 10.4. The van der Waals surface area contributed by atoms with Crippen LogP contribution >= 0.6 is 0 Å². The summed E-state index contributed by atoms with van der Waals surface area (Å²) < 4.78 is 13.0. The maximum atomic E-state index is 12.3. The predicted octanol–water partition coefficient (Wildman–Crippen LogP) is 3.41. The molecule has 0 radical (unpaired) electrons. The van der Waals surface area contributed by atoms with Gasteiger partial charge in [0.25, 0.3) is 0 Å². The molecule has 0 aromatic heterocycles. The van der Waals surface area contributed by atoms with Crippen molar-refractivity contribution in [2.75, 3.05) is 7.11 Å². The van der Waals surface area contributed by atoms with Crippen molar-refractivity contribution >= 4 is 16.9 Å². The Morgan fingerprint density at radius 3 is 3.00 bits per heavy atom. The lowest BCUT2D eigenvalue weighted by molar-refractivity contribution is -0.138. The quantitative estimate of drug-likeness (QED) is 0.633. The molecule has 0 unspecified atom stereocenters. The van der Waals surface area contributed by atoms with Crippen LogP contribution < -0.4 is 0 Å². The van der Waals surface area contributed by atoms with E-state index in [1.54, 1.807) is 6.26 Å². The number of methoxy groups -OCH3 is 1. The number of carbonyl (C=O) groups is 1. The lowest BCUT2D eigenvalue weighted by Crippen LogP contribution is -2.42. The molecule has 26 heavy (non-hydrogen) atoms. The lowest BCUT2D eigenvalue weighted by atomic mass is 9.75. The van der Waals surface area contributed by atoms with E-state index in [1.807, 2.05) is 18.2 Å². The van der Waals surface area contributed by atoms with Gasteiger partial charge in [0, 0.05) is 41.2 Å². The summed E-state index contributed by atoms with van der Waals surface area (Å²) in [5.41, 5.74) is 5.05. The second kappa shape index (κ2) is 5.59. The molecular formula is C21H20N2O3. The third-order valence-electron chi connectivity index (χ3n) is 5.89. The summed E-state index contributed by atoms with van der Waals surface area (Å²) in [7, 11) is 1.42. The zero-order chi connectivity index (χ0) is 17.8. The van der Waals surface area contributed by atoms with Crippen molar-refractivity contribution in [2.24, 2.45) is 11.8 Å². The molecule has 5 nitrogen and oxygen atoms in total. The molecule has 132 valence electrons. The van der Waals surface area contributed by atoms with Crippen LogP contribution in [0.1, 0.15) is 12.6 Å². The molecule has 0 aliphatic carbocycles. The van der Waals surface area contributed by atoms with Crippen molar-refractivity contribution < 1.29 is 14.3 Å². The Morgan fingerprint density at radius 1 is 1.31 bits per heavy atom. The highest BCUT2D eigenvalue weighted by atomic mass is 16.5. The molecule has 1 aromatic rings. The van der Waals surface area contributed by atoms with Gasteiger partial charge in [0.1, 0.15) is 6.10 Å². The van der Waals surface area contributed by atoms with Crippen LogP contribution in [0.5, 0.6) is 0 Å². The molecule has 5 rings (SSSR count). The molecule has 0 spiro atoms. The minimum absolute atomic E-state index is 0.0662. The molecule has 5 heteroatoms. The smallest absolute Gasteiger partial charge is 0.337 e. The molecule has 0 saturated carbocycles. The van der Waals surface area contributed by atoms with Crippen molar-refractivity contribution in [2.45, 2.75) is 26.0 Å². The minimum Gasteiger partial charge on any atom is -0.497 e. The zero-order valence-electron chi connectivity index (χ0n) is 14.8. The Hall–Kier alpha value is -2.82. The highest BCUT2D eigenvalue weighted by molar-refractivity contribution is 5.98. The normalized spacial score (nSPS) is 24.5. The number of hydrogen-bond acceptors (Lipinski definition) is 4. The second-order valence-corrected chi connectivity index (χ2v) is 7.19. The molecule has 0 fully saturated rings. The van der Waals surface area contributed by atoms with Crippen molar-refractivity contribution in [3.8, 4) is 11.3 Å². The van der Waals surface area contributed by atoms with Crippen LogP contribution in [-0.2, 0) is 27.2 Å². The number of carbonyl (C=O) groups excluding carboxylic acids is 1. The van der Waals surface area contributed by atoms with Gasteiger partial charge < -0.3 is 14.0 Å². The van der Waals surface area contributed by atoms with Gasteiger partial charge in [-0.2, -0.15) is 0 Å². The van der Waals surface area contributed by atoms with E-state index >= 15 is 0 Å². The molecule has 3 atom stereocenters. The summed E-state index contributed by atoms with van der Waals surface area (Å²) in [5.74, 6) is 0.0400. The third kappa shape index (κ3) is 2.09. The summed E-state index contributed by atoms with van der Waals surface area (Å²) in [6.45, 7) is 2.88. The second-order valence-electron chi connectivity index (χ2n) is 7.19. The van der Waals surface area contributed by atoms with Crippen LogP contribution in [0.2, 0.25) is 0 Å². The number of para-hydroxylation sites is 1. The van der Waals surface area contributed by atoms with E-state index in [-0.39, 0.29) is 23.9 Å². The number of pyridine rings is 1. The minimum atomic E-state index is -0.298. The standard InChI is InChI=1S/C21H20N2O3/c1-12-16-10-23-8-7-14-13-5-3-4-6-18(13)22-20(14)19(23)9-15(16)17(11-26-12)21(24)25-2/h3-8,11-12,15-16H,9-10H2,1-2H3/t12-,15+,16+/m1/s1. The van der Waals surface area contributed by atoms with Crippen molar-refractivity contribution in [3.63, 3.8) is 0 Å². The maximum Gasteiger partial charge on any atom is 0.337 e. The highest BCUT2D eigenvalue weighted by Gasteiger charge is 2.42. The summed E-state index contributed by atoms with van der Waals surface area (Å²) >= 11 is 0. The first-order valence-corrected chi connectivity index (χ1v) is 8.97. The Kier molecular flexibility index (Phi) is 3.32. The number of hydrogen-bond donors (Lipinski definition) is 0. The fourth-order valence-corrected chi connectivity index (χ4v) is 4.49. The van der Waals surface area contributed by atoms with Crippen LogP contribution in [-0.4, -0.2) is 28.7 Å². The first kappa shape index (κ1) is 15.4. The van der Waals surface area contributed by atoms with Crippen LogP contribution in [0, 0.1) is 11.8 Å². The van der Waals surface area contributed by atoms with Crippen LogP contribution in [0.25, 0.3) is 22.2 Å². The topological polar surface area (TPSA) is 53.4 Å². The monoisotopic (exact) mass is 348 g/mol. The number of benzene rings is 1. The average molecular weight is 348 g/mol. The molecule has 0 bridgehead atoms. The Morgan fingerprint density at radius 2 is 2.15 bits per heavy atom. The van der Waals surface area contributed by atoms with E-state index in [2.05, 4.69) is 29.8 Å². The van der Waals surface area contributed by atoms with Crippen LogP contribution in [0.15, 0.2) is 48.4 Å². The van der Waals surface area contributed by atoms with Gasteiger partial charge in [-0.25, -0.2) is 9.78 Å². The van der Waals surface area contributed by atoms with Crippen molar-refractivity contribution in [1.82, 2.24) is 9.55 Å². The first-order valence-electron chi connectivity index (χ1n) is 8.97. The predicted molar refractivity (Wildman–Crippen MR) is 97.7 cm³/mol. The zero-order valence-corrected chi connectivity index (χ0v) is 14.8. The number of aromatic nitrogens is 2. The number of nitrogens with zero attached hydrogens (tertiary/aromatic N) is 2. The van der Waals surface area contributed by atoms with Gasteiger partial charge in [-0.1, -0.05) is 18.2 Å². The van der Waals surface area contributed by atoms with Gasteiger partial charge in [-0.3, -0.25) is 0 Å². The maximum absolute atomic E-state index is 12.3. The molecular weight excluding hydrogens is 328 g/mol. The molecule has 4 aliphatic heterocycles. The Balaban J connectivity index is 1.66. The van der Waals surface area contributed by atoms with Crippen LogP contribution in [0.3, 0.4) is 0 Å². The molecule has 0 amide bonds. The first-order chi connectivity index (χ1) is 12.7. The van der Waals surface area contributed by atoms with E-state index in [4.69, 9.17) is 14.5 Å². The third-order valence-corrected chi connectivity index (χ3v) is 5.89. The van der Waals surface area contributed by atoms with E-state index < -0.39 is 0 Å². The molecule has 1 aromatic carbocycles. The molecule has 4 aliphatic rings. The summed E-state index contributed by atoms with van der Waals surface area (Å²) in [6.07, 6.45) is 4.57. The Bertz CT molecular complexity index is 1020.